The molecule has 2 aliphatic heterocycles. The van der Waals surface area contributed by atoms with Gasteiger partial charge in [0.05, 0.1) is 43.0 Å². The molecule has 1 amide bonds. The fourth-order valence-corrected chi connectivity index (χ4v) is 13.1. The van der Waals surface area contributed by atoms with Crippen molar-refractivity contribution in [2.45, 2.75) is 107 Å². The number of rotatable bonds is 13. The van der Waals surface area contributed by atoms with E-state index in [2.05, 4.69) is 72.9 Å². The highest BCUT2D eigenvalue weighted by Gasteiger charge is 2.49. The standard InChI is InChI=1S/C51H59ClFN8O4S2/c1-30(2)33-8-5-6-9-34(33)35-10-7-11-39(35)61-27-51(28-61)18-20-60(21-19-51)32-12-13-36(41(22-32)65-42-23-37-38(53)26-55-48(37)57-47(42)52)49(62)58-67-43-24-40(59(4)64)44(45-46(43)66-29-56-45)54-25-31-14-16-50(3,63)17-15-31/h5-6,8-9,12-13,22-24,26,29-31,35,39,54,63H,7,10-11,14-21,25,27-28H2,1-4H3,(H,55,57)(H,58,62)/q-1/t31?,35?,39-,50?/m0/s1. The number of hydrogen-bond donors (Lipinski definition) is 4. The molecule has 10 rings (SSSR count). The molecule has 16 heteroatoms. The summed E-state index contributed by atoms with van der Waals surface area (Å²) < 4.78 is 25.1. The van der Waals surface area contributed by atoms with E-state index in [9.17, 15) is 19.5 Å². The molecule has 4 aliphatic rings. The quantitative estimate of drug-likeness (QED) is 0.0499. The van der Waals surface area contributed by atoms with E-state index in [0.29, 0.717) is 63.2 Å². The summed E-state index contributed by atoms with van der Waals surface area (Å²) in [7, 11) is 1.45. The van der Waals surface area contributed by atoms with Crippen LogP contribution in [0.25, 0.3) is 21.3 Å². The third-order valence-electron chi connectivity index (χ3n) is 15.1. The average Bonchev–Trinajstić information content (AvgIpc) is 4.08. The lowest BCUT2D eigenvalue weighted by atomic mass is 9.70. The number of anilines is 3. The van der Waals surface area contributed by atoms with Gasteiger partial charge in [-0.2, -0.15) is 0 Å². The molecule has 4 N–H and O–H groups in total. The number of H-pyrrole nitrogens is 1. The van der Waals surface area contributed by atoms with Gasteiger partial charge in [-0.05, 0) is 136 Å². The molecular weight excluding hydrogens is 907 g/mol. The Balaban J connectivity index is 0.859. The maximum absolute atomic E-state index is 14.8. The van der Waals surface area contributed by atoms with Gasteiger partial charge in [-0.15, -0.1) is 11.3 Å². The zero-order valence-electron chi connectivity index (χ0n) is 38.5. The first-order chi connectivity index (χ1) is 32.2. The van der Waals surface area contributed by atoms with Crippen molar-refractivity contribution in [2.24, 2.45) is 11.3 Å². The number of fused-ring (bicyclic) bond motifs is 2. The maximum Gasteiger partial charge on any atom is 0.265 e. The fourth-order valence-electron chi connectivity index (χ4n) is 11.3. The number of aromatic amines is 1. The molecule has 5 heterocycles. The topological polar surface area (TPSA) is 145 Å². The molecular formula is C51H59ClFN8O4S2-. The lowest BCUT2D eigenvalue weighted by Crippen LogP contribution is -2.63. The zero-order valence-corrected chi connectivity index (χ0v) is 40.9. The van der Waals surface area contributed by atoms with Crippen LogP contribution in [0, 0.1) is 22.4 Å². The minimum absolute atomic E-state index is 0.0260. The fraction of sp³-hybridized carbons (Fsp3) is 0.471. The molecule has 6 aromatic rings. The molecule has 2 aliphatic carbocycles. The van der Waals surface area contributed by atoms with Crippen LogP contribution in [0.5, 0.6) is 11.5 Å². The van der Waals surface area contributed by atoms with Crippen LogP contribution < -0.4 is 24.7 Å². The Hall–Kier alpha value is -4.64. The molecule has 2 atom stereocenters. The van der Waals surface area contributed by atoms with Crippen molar-refractivity contribution < 1.29 is 19.0 Å². The van der Waals surface area contributed by atoms with Gasteiger partial charge in [0.1, 0.15) is 22.7 Å². The van der Waals surface area contributed by atoms with E-state index in [-0.39, 0.29) is 27.6 Å². The molecule has 67 heavy (non-hydrogen) atoms. The maximum atomic E-state index is 14.8. The number of thiazole rings is 1. The number of carbonyl (C=O) groups excluding carboxylic acids is 1. The van der Waals surface area contributed by atoms with E-state index in [1.165, 1.54) is 55.5 Å². The molecule has 1 spiro atoms. The van der Waals surface area contributed by atoms with Crippen LogP contribution in [0.2, 0.25) is 5.15 Å². The summed E-state index contributed by atoms with van der Waals surface area (Å²) >= 11 is 9.17. The van der Waals surface area contributed by atoms with Crippen molar-refractivity contribution in [2.75, 3.05) is 55.1 Å². The minimum Gasteiger partial charge on any atom is -0.758 e. The Kier molecular flexibility index (Phi) is 12.9. The van der Waals surface area contributed by atoms with Gasteiger partial charge in [0.2, 0.25) is 0 Å². The molecule has 1 unspecified atom stereocenters. The zero-order chi connectivity index (χ0) is 46.6. The van der Waals surface area contributed by atoms with Gasteiger partial charge in [-0.1, -0.05) is 56.1 Å². The number of piperidine rings is 1. The first kappa shape index (κ1) is 46.1. The summed E-state index contributed by atoms with van der Waals surface area (Å²) in [6.07, 6.45) is 10.4. The van der Waals surface area contributed by atoms with Gasteiger partial charge >= 0.3 is 0 Å². The number of amides is 1. The lowest BCUT2D eigenvalue weighted by Gasteiger charge is -2.57. The molecule has 4 fully saturated rings. The van der Waals surface area contributed by atoms with Gasteiger partial charge in [0.15, 0.2) is 10.9 Å². The Bertz CT molecular complexity index is 2770. The number of ether oxygens (including phenoxy) is 1. The van der Waals surface area contributed by atoms with Crippen LogP contribution in [-0.4, -0.2) is 82.3 Å². The number of carbonyl (C=O) groups is 1. The number of aromatic nitrogens is 3. The predicted octanol–water partition coefficient (Wildman–Crippen LogP) is 11.8. The van der Waals surface area contributed by atoms with Crippen molar-refractivity contribution in [3.8, 4) is 11.5 Å². The summed E-state index contributed by atoms with van der Waals surface area (Å²) in [5.41, 5.74) is 7.62. The SMILES string of the molecule is CC(C)c1ccccc1C1CCC[C@@H]1N1CC2(CCN(c3ccc(C(=O)NSc4cc(N(C)[O-])c(NCC5CCC(C)(O)CC5)c5ncsc45)c(Oc4cc5c(F)c[nH]c5nc4Cl)c3)CC2)C1. The van der Waals surface area contributed by atoms with Crippen LogP contribution in [-0.2, 0) is 0 Å². The number of benzene rings is 3. The largest absolute Gasteiger partial charge is 0.758 e. The molecule has 2 saturated heterocycles. The summed E-state index contributed by atoms with van der Waals surface area (Å²) in [5, 5.41) is 28.1. The molecule has 2 saturated carbocycles. The van der Waals surface area contributed by atoms with E-state index < -0.39 is 17.3 Å². The molecule has 12 nitrogen and oxygen atoms in total. The van der Waals surface area contributed by atoms with E-state index in [0.717, 1.165) is 92.1 Å². The van der Waals surface area contributed by atoms with Crippen LogP contribution >= 0.6 is 34.9 Å². The van der Waals surface area contributed by atoms with Crippen molar-refractivity contribution in [3.63, 3.8) is 0 Å². The van der Waals surface area contributed by atoms with Crippen molar-refractivity contribution in [3.05, 3.63) is 99.2 Å². The number of halogens is 2. The summed E-state index contributed by atoms with van der Waals surface area (Å²) in [5.74, 6) is 0.920. The molecule has 0 radical (unpaired) electrons. The van der Waals surface area contributed by atoms with Crippen molar-refractivity contribution >= 4 is 79.1 Å². The number of nitrogens with one attached hydrogen (secondary N) is 3. The number of aliphatic hydroxyl groups is 1. The Morgan fingerprint density at radius 1 is 1.09 bits per heavy atom. The molecule has 0 bridgehead atoms. The Morgan fingerprint density at radius 2 is 1.87 bits per heavy atom. The lowest BCUT2D eigenvalue weighted by molar-refractivity contribution is -0.0493. The first-order valence-electron chi connectivity index (χ1n) is 23.7. The van der Waals surface area contributed by atoms with Crippen molar-refractivity contribution in [1.29, 1.82) is 0 Å². The number of nitrogens with zero attached hydrogens (tertiary/aromatic N) is 5. The number of hydroxylamine groups is 1. The smallest absolute Gasteiger partial charge is 0.265 e. The van der Waals surface area contributed by atoms with Crippen LogP contribution in [0.15, 0.2) is 71.2 Å². The van der Waals surface area contributed by atoms with Gasteiger partial charge in [0.25, 0.3) is 5.91 Å². The number of likely N-dealkylation sites (tertiary alicyclic amines) is 1. The second-order valence-electron chi connectivity index (χ2n) is 20.0. The second kappa shape index (κ2) is 18.7. The number of hydrogen-bond acceptors (Lipinski definition) is 12. The summed E-state index contributed by atoms with van der Waals surface area (Å²) in [6.45, 7) is 11.2. The molecule has 354 valence electrons. The van der Waals surface area contributed by atoms with Crippen LogP contribution in [0.3, 0.4) is 0 Å². The Labute approximate surface area is 404 Å². The van der Waals surface area contributed by atoms with Crippen molar-refractivity contribution in [1.82, 2.24) is 24.6 Å². The minimum atomic E-state index is -0.630. The summed E-state index contributed by atoms with van der Waals surface area (Å²) in [6, 6.07) is 18.5. The third-order valence-corrected chi connectivity index (χ3v) is 17.2. The highest BCUT2D eigenvalue weighted by molar-refractivity contribution is 7.98. The van der Waals surface area contributed by atoms with Gasteiger partial charge in [-0.3, -0.25) is 14.4 Å². The van der Waals surface area contributed by atoms with E-state index in [1.54, 1.807) is 23.2 Å². The monoisotopic (exact) mass is 965 g/mol. The third kappa shape index (κ3) is 9.31. The average molecular weight is 967 g/mol. The van der Waals surface area contributed by atoms with E-state index >= 15 is 0 Å². The predicted molar refractivity (Wildman–Crippen MR) is 270 cm³/mol. The van der Waals surface area contributed by atoms with Gasteiger partial charge in [-0.25, -0.2) is 14.4 Å². The molecule has 3 aromatic carbocycles. The van der Waals surface area contributed by atoms with Gasteiger partial charge < -0.3 is 35.3 Å². The molecule has 3 aromatic heterocycles. The van der Waals surface area contributed by atoms with E-state index in [1.807, 2.05) is 19.1 Å². The summed E-state index contributed by atoms with van der Waals surface area (Å²) in [4.78, 5) is 31.9. The van der Waals surface area contributed by atoms with Crippen LogP contribution in [0.1, 0.15) is 112 Å². The highest BCUT2D eigenvalue weighted by atomic mass is 35.5. The number of pyridine rings is 1. The highest BCUT2D eigenvalue weighted by Crippen LogP contribution is 2.49. The van der Waals surface area contributed by atoms with E-state index in [4.69, 9.17) is 16.3 Å². The Morgan fingerprint density at radius 3 is 2.63 bits per heavy atom. The van der Waals surface area contributed by atoms with Gasteiger partial charge in [0, 0.05) is 56.7 Å². The first-order valence-corrected chi connectivity index (χ1v) is 25.8. The second-order valence-corrected chi connectivity index (χ2v) is 22.1. The van der Waals surface area contributed by atoms with Crippen LogP contribution in [0.4, 0.5) is 21.5 Å². The normalized spacial score (nSPS) is 23.0.